The zero-order valence-corrected chi connectivity index (χ0v) is 8.42. The minimum atomic E-state index is 0.0477. The number of likely N-dealkylation sites (tertiary alicyclic amines) is 1. The fourth-order valence-electron chi connectivity index (χ4n) is 1.51. The van der Waals surface area contributed by atoms with Crippen molar-refractivity contribution < 1.29 is 4.79 Å². The lowest BCUT2D eigenvalue weighted by atomic mass is 10.3. The van der Waals surface area contributed by atoms with Gasteiger partial charge in [0.05, 0.1) is 0 Å². The van der Waals surface area contributed by atoms with Crippen LogP contribution in [0.15, 0.2) is 0 Å². The van der Waals surface area contributed by atoms with E-state index < -0.39 is 0 Å². The zero-order valence-electron chi connectivity index (χ0n) is 8.42. The van der Waals surface area contributed by atoms with Crippen LogP contribution in [0, 0.1) is 0 Å². The van der Waals surface area contributed by atoms with Crippen molar-refractivity contribution in [2.75, 3.05) is 19.6 Å². The van der Waals surface area contributed by atoms with Crippen LogP contribution in [0.4, 0.5) is 0 Å². The van der Waals surface area contributed by atoms with Gasteiger partial charge < -0.3 is 16.0 Å². The second-order valence-electron chi connectivity index (χ2n) is 3.91. The Morgan fingerprint density at radius 2 is 2.38 bits per heavy atom. The molecule has 1 aliphatic heterocycles. The van der Waals surface area contributed by atoms with Crippen molar-refractivity contribution >= 4 is 5.91 Å². The Morgan fingerprint density at radius 3 is 2.85 bits per heavy atom. The molecule has 13 heavy (non-hydrogen) atoms. The highest BCUT2D eigenvalue weighted by molar-refractivity contribution is 5.79. The number of carbonyl (C=O) groups is 1. The van der Waals surface area contributed by atoms with Gasteiger partial charge in [0, 0.05) is 38.1 Å². The minimum absolute atomic E-state index is 0.0477. The van der Waals surface area contributed by atoms with Crippen LogP contribution in [0.1, 0.15) is 20.3 Å². The Kier molecular flexibility index (Phi) is 3.69. The van der Waals surface area contributed by atoms with Crippen LogP contribution >= 0.6 is 0 Å². The maximum atomic E-state index is 11.3. The summed E-state index contributed by atoms with van der Waals surface area (Å²) in [7, 11) is 0. The average molecular weight is 185 g/mol. The van der Waals surface area contributed by atoms with Crippen LogP contribution in [0.2, 0.25) is 0 Å². The molecule has 1 aliphatic rings. The standard InChI is InChI=1S/C9H19N3O/c1-7(2)11-3-4-12-6-8(10)5-9(12)13/h7-8,11H,3-6,10H2,1-2H3. The third kappa shape index (κ3) is 3.32. The average Bonchev–Trinajstić information content (AvgIpc) is 2.29. The van der Waals surface area contributed by atoms with E-state index in [0.29, 0.717) is 12.5 Å². The first-order valence-electron chi connectivity index (χ1n) is 4.86. The van der Waals surface area contributed by atoms with Crippen LogP contribution in [-0.2, 0) is 4.79 Å². The molecule has 1 unspecified atom stereocenters. The maximum Gasteiger partial charge on any atom is 0.224 e. The van der Waals surface area contributed by atoms with E-state index in [1.807, 2.05) is 4.90 Å². The summed E-state index contributed by atoms with van der Waals surface area (Å²) in [5.74, 6) is 0.193. The molecule has 3 N–H and O–H groups in total. The summed E-state index contributed by atoms with van der Waals surface area (Å²) in [6.07, 6.45) is 0.516. The smallest absolute Gasteiger partial charge is 0.224 e. The van der Waals surface area contributed by atoms with Gasteiger partial charge in [0.2, 0.25) is 5.91 Å². The van der Waals surface area contributed by atoms with Crippen LogP contribution in [0.5, 0.6) is 0 Å². The Labute approximate surface area is 79.5 Å². The second kappa shape index (κ2) is 4.58. The molecule has 1 saturated heterocycles. The molecule has 1 rings (SSSR count). The number of nitrogens with two attached hydrogens (primary N) is 1. The summed E-state index contributed by atoms with van der Waals surface area (Å²) >= 11 is 0. The number of hydrogen-bond acceptors (Lipinski definition) is 3. The van der Waals surface area contributed by atoms with E-state index in [2.05, 4.69) is 19.2 Å². The van der Waals surface area contributed by atoms with Crippen molar-refractivity contribution in [3.8, 4) is 0 Å². The Bertz CT molecular complexity index is 182. The van der Waals surface area contributed by atoms with Gasteiger partial charge in [-0.25, -0.2) is 0 Å². The van der Waals surface area contributed by atoms with E-state index in [9.17, 15) is 4.79 Å². The SMILES string of the molecule is CC(C)NCCN1CC(N)CC1=O. The summed E-state index contributed by atoms with van der Waals surface area (Å²) in [6, 6.07) is 0.526. The van der Waals surface area contributed by atoms with Crippen LogP contribution < -0.4 is 11.1 Å². The number of rotatable bonds is 4. The largest absolute Gasteiger partial charge is 0.340 e. The van der Waals surface area contributed by atoms with Crippen molar-refractivity contribution in [1.29, 1.82) is 0 Å². The van der Waals surface area contributed by atoms with E-state index in [0.717, 1.165) is 19.6 Å². The van der Waals surface area contributed by atoms with Crippen LogP contribution in [-0.4, -0.2) is 42.5 Å². The lowest BCUT2D eigenvalue weighted by Crippen LogP contribution is -2.36. The highest BCUT2D eigenvalue weighted by Crippen LogP contribution is 2.07. The first-order chi connectivity index (χ1) is 6.09. The predicted molar refractivity (Wildman–Crippen MR) is 52.3 cm³/mol. The monoisotopic (exact) mass is 185 g/mol. The van der Waals surface area contributed by atoms with E-state index in [1.165, 1.54) is 0 Å². The molecule has 0 spiro atoms. The first-order valence-corrected chi connectivity index (χ1v) is 4.86. The Balaban J connectivity index is 2.18. The normalized spacial score (nSPS) is 23.2. The summed E-state index contributed by atoms with van der Waals surface area (Å²) in [5, 5.41) is 3.27. The number of carbonyl (C=O) groups excluding carboxylic acids is 1. The third-order valence-corrected chi connectivity index (χ3v) is 2.18. The summed E-state index contributed by atoms with van der Waals surface area (Å²) < 4.78 is 0. The van der Waals surface area contributed by atoms with Crippen molar-refractivity contribution in [3.05, 3.63) is 0 Å². The van der Waals surface area contributed by atoms with Gasteiger partial charge in [-0.05, 0) is 0 Å². The van der Waals surface area contributed by atoms with E-state index in [-0.39, 0.29) is 11.9 Å². The molecular weight excluding hydrogens is 166 g/mol. The van der Waals surface area contributed by atoms with Crippen molar-refractivity contribution in [3.63, 3.8) is 0 Å². The van der Waals surface area contributed by atoms with Crippen LogP contribution in [0.3, 0.4) is 0 Å². The van der Waals surface area contributed by atoms with E-state index in [4.69, 9.17) is 5.73 Å². The van der Waals surface area contributed by atoms with Gasteiger partial charge in [-0.2, -0.15) is 0 Å². The number of nitrogens with zero attached hydrogens (tertiary/aromatic N) is 1. The number of hydrogen-bond donors (Lipinski definition) is 2. The van der Waals surface area contributed by atoms with Crippen molar-refractivity contribution in [2.45, 2.75) is 32.4 Å². The summed E-state index contributed by atoms with van der Waals surface area (Å²) in [6.45, 7) is 6.55. The Hall–Kier alpha value is -0.610. The second-order valence-corrected chi connectivity index (χ2v) is 3.91. The molecule has 0 bridgehead atoms. The van der Waals surface area contributed by atoms with Gasteiger partial charge in [0.15, 0.2) is 0 Å². The molecule has 1 heterocycles. The maximum absolute atomic E-state index is 11.3. The number of nitrogens with one attached hydrogen (secondary N) is 1. The van der Waals surface area contributed by atoms with Gasteiger partial charge in [-0.15, -0.1) is 0 Å². The summed E-state index contributed by atoms with van der Waals surface area (Å²) in [4.78, 5) is 13.1. The lowest BCUT2D eigenvalue weighted by Gasteiger charge is -2.17. The first kappa shape index (κ1) is 10.5. The van der Waals surface area contributed by atoms with E-state index >= 15 is 0 Å². The zero-order chi connectivity index (χ0) is 9.84. The van der Waals surface area contributed by atoms with E-state index in [1.54, 1.807) is 0 Å². The molecule has 0 aliphatic carbocycles. The molecule has 0 radical (unpaired) electrons. The van der Waals surface area contributed by atoms with Gasteiger partial charge in [0.1, 0.15) is 0 Å². The Morgan fingerprint density at radius 1 is 1.69 bits per heavy atom. The molecule has 1 fully saturated rings. The van der Waals surface area contributed by atoms with Gasteiger partial charge in [-0.3, -0.25) is 4.79 Å². The van der Waals surface area contributed by atoms with Crippen molar-refractivity contribution in [1.82, 2.24) is 10.2 Å². The lowest BCUT2D eigenvalue weighted by molar-refractivity contribution is -0.127. The molecule has 4 heteroatoms. The molecular formula is C9H19N3O. The topological polar surface area (TPSA) is 58.4 Å². The number of amides is 1. The fourth-order valence-corrected chi connectivity index (χ4v) is 1.51. The highest BCUT2D eigenvalue weighted by Gasteiger charge is 2.25. The molecule has 0 aromatic rings. The van der Waals surface area contributed by atoms with Crippen molar-refractivity contribution in [2.24, 2.45) is 5.73 Å². The molecule has 0 saturated carbocycles. The molecule has 0 aromatic heterocycles. The third-order valence-electron chi connectivity index (χ3n) is 2.18. The highest BCUT2D eigenvalue weighted by atomic mass is 16.2. The molecule has 1 amide bonds. The molecule has 1 atom stereocenters. The molecule has 76 valence electrons. The fraction of sp³-hybridized carbons (Fsp3) is 0.889. The molecule has 4 nitrogen and oxygen atoms in total. The molecule has 0 aromatic carbocycles. The summed E-state index contributed by atoms with van der Waals surface area (Å²) in [5.41, 5.74) is 5.66. The van der Waals surface area contributed by atoms with Gasteiger partial charge in [0.25, 0.3) is 0 Å². The predicted octanol–water partition coefficient (Wildman–Crippen LogP) is -0.456. The van der Waals surface area contributed by atoms with Gasteiger partial charge in [-0.1, -0.05) is 13.8 Å². The quantitative estimate of drug-likeness (QED) is 0.623. The van der Waals surface area contributed by atoms with Gasteiger partial charge >= 0.3 is 0 Å². The minimum Gasteiger partial charge on any atom is -0.340 e. The van der Waals surface area contributed by atoms with Crippen LogP contribution in [0.25, 0.3) is 0 Å².